The van der Waals surface area contributed by atoms with Gasteiger partial charge in [-0.1, -0.05) is 42.5 Å². The van der Waals surface area contributed by atoms with Crippen molar-refractivity contribution in [3.8, 4) is 11.1 Å². The van der Waals surface area contributed by atoms with E-state index < -0.39 is 27.4 Å². The first-order valence-electron chi connectivity index (χ1n) is 11.8. The number of nitrogens with one attached hydrogen (secondary N) is 1. The zero-order valence-corrected chi connectivity index (χ0v) is 21.6. The Morgan fingerprint density at radius 1 is 0.846 bits per heavy atom. The maximum Gasteiger partial charge on any atom is 0.416 e. The summed E-state index contributed by atoms with van der Waals surface area (Å²) in [6.45, 7) is 0.0191. The molecule has 0 aliphatic rings. The molecule has 1 N–H and O–H groups in total. The van der Waals surface area contributed by atoms with Gasteiger partial charge >= 0.3 is 6.18 Å². The smallest absolute Gasteiger partial charge is 0.364 e. The van der Waals surface area contributed by atoms with Gasteiger partial charge in [-0.25, -0.2) is 12.8 Å². The number of hydrogen-bond acceptors (Lipinski definition) is 4. The molecule has 0 aromatic heterocycles. The van der Waals surface area contributed by atoms with Gasteiger partial charge < -0.3 is 10.2 Å². The normalized spacial score (nSPS) is 11.7. The van der Waals surface area contributed by atoms with Crippen molar-refractivity contribution in [3.63, 3.8) is 0 Å². The Labute approximate surface area is 223 Å². The lowest BCUT2D eigenvalue weighted by Gasteiger charge is -2.22. The van der Waals surface area contributed by atoms with E-state index in [1.807, 2.05) is 0 Å². The third kappa shape index (κ3) is 6.64. The van der Waals surface area contributed by atoms with E-state index in [0.717, 1.165) is 29.8 Å². The molecule has 4 rings (SSSR count). The van der Waals surface area contributed by atoms with Crippen LogP contribution in [0.3, 0.4) is 0 Å². The topological polar surface area (TPSA) is 66.5 Å². The highest BCUT2D eigenvalue weighted by Gasteiger charge is 2.30. The molecule has 0 fully saturated rings. The molecular weight excluding hydrogens is 532 g/mol. The van der Waals surface area contributed by atoms with E-state index in [1.165, 1.54) is 35.2 Å². The summed E-state index contributed by atoms with van der Waals surface area (Å²) in [5.41, 5.74) is 1.62. The predicted octanol–water partition coefficient (Wildman–Crippen LogP) is 6.10. The Morgan fingerprint density at radius 3 is 2.18 bits per heavy atom. The van der Waals surface area contributed by atoms with Gasteiger partial charge in [0.25, 0.3) is 0 Å². The number of rotatable bonds is 8. The van der Waals surface area contributed by atoms with Crippen molar-refractivity contribution in [1.29, 1.82) is 0 Å². The summed E-state index contributed by atoms with van der Waals surface area (Å²) in [6, 6.07) is 22.6. The zero-order valence-electron chi connectivity index (χ0n) is 20.7. The van der Waals surface area contributed by atoms with Crippen LogP contribution in [0, 0.1) is 5.82 Å². The molecule has 0 atom stereocenters. The molecule has 39 heavy (non-hydrogen) atoms. The van der Waals surface area contributed by atoms with Gasteiger partial charge in [0, 0.05) is 13.6 Å². The molecule has 10 heteroatoms. The molecule has 0 aliphatic heterocycles. The minimum atomic E-state index is -4.41. The molecule has 4 aromatic carbocycles. The van der Waals surface area contributed by atoms with E-state index in [9.17, 15) is 30.8 Å². The average molecular weight is 557 g/mol. The standard InChI is InChI=1S/C29H24F4N2O3S/c1-35(26-7-2-3-8-27(26)39(37,38)25-15-13-24(30)14-16-25)19-28(36)34-18-20-5-4-6-22(17-20)21-9-11-23(12-10-21)29(31,32)33/h2-17H,18-19H2,1H3,(H,34,36). The molecule has 0 spiro atoms. The first-order valence-corrected chi connectivity index (χ1v) is 13.3. The van der Waals surface area contributed by atoms with E-state index in [0.29, 0.717) is 16.8 Å². The summed E-state index contributed by atoms with van der Waals surface area (Å²) in [5, 5.41) is 2.78. The van der Waals surface area contributed by atoms with Crippen molar-refractivity contribution in [2.75, 3.05) is 18.5 Å². The maximum atomic E-state index is 13.3. The van der Waals surface area contributed by atoms with Gasteiger partial charge in [0.1, 0.15) is 5.82 Å². The number of para-hydroxylation sites is 1. The lowest BCUT2D eigenvalue weighted by atomic mass is 10.0. The second kappa shape index (κ2) is 11.3. The summed E-state index contributed by atoms with van der Waals surface area (Å²) in [4.78, 5) is 14.1. The van der Waals surface area contributed by atoms with Crippen molar-refractivity contribution < 1.29 is 30.8 Å². The van der Waals surface area contributed by atoms with Crippen LogP contribution in [0.25, 0.3) is 11.1 Å². The molecule has 5 nitrogen and oxygen atoms in total. The average Bonchev–Trinajstić information content (AvgIpc) is 2.92. The molecule has 0 unspecified atom stereocenters. The van der Waals surface area contributed by atoms with Crippen LogP contribution < -0.4 is 10.2 Å². The number of carbonyl (C=O) groups is 1. The third-order valence-electron chi connectivity index (χ3n) is 6.03. The summed E-state index contributed by atoms with van der Waals surface area (Å²) >= 11 is 0. The minimum Gasteiger partial charge on any atom is -0.364 e. The highest BCUT2D eigenvalue weighted by atomic mass is 32.2. The summed E-state index contributed by atoms with van der Waals surface area (Å²) in [5.74, 6) is -0.924. The highest BCUT2D eigenvalue weighted by Crippen LogP contribution is 2.32. The molecule has 202 valence electrons. The van der Waals surface area contributed by atoms with Crippen molar-refractivity contribution in [1.82, 2.24) is 5.32 Å². The monoisotopic (exact) mass is 556 g/mol. The van der Waals surface area contributed by atoms with Crippen LogP contribution >= 0.6 is 0 Å². The molecule has 4 aromatic rings. The van der Waals surface area contributed by atoms with Crippen LogP contribution in [-0.2, 0) is 27.4 Å². The fourth-order valence-electron chi connectivity index (χ4n) is 4.01. The number of carbonyl (C=O) groups excluding carboxylic acids is 1. The molecule has 0 radical (unpaired) electrons. The van der Waals surface area contributed by atoms with E-state index >= 15 is 0 Å². The van der Waals surface area contributed by atoms with Gasteiger partial charge in [0.05, 0.1) is 27.6 Å². The van der Waals surface area contributed by atoms with Crippen molar-refractivity contribution in [2.45, 2.75) is 22.5 Å². The molecule has 0 saturated carbocycles. The molecule has 0 saturated heterocycles. The van der Waals surface area contributed by atoms with E-state index in [4.69, 9.17) is 0 Å². The van der Waals surface area contributed by atoms with Crippen molar-refractivity contribution in [2.24, 2.45) is 0 Å². The fourth-order valence-corrected chi connectivity index (χ4v) is 5.52. The number of alkyl halides is 3. The summed E-state index contributed by atoms with van der Waals surface area (Å²) < 4.78 is 78.2. The second-order valence-corrected chi connectivity index (χ2v) is 10.8. The largest absolute Gasteiger partial charge is 0.416 e. The van der Waals surface area contributed by atoms with Gasteiger partial charge in [-0.2, -0.15) is 13.2 Å². The Kier molecular flexibility index (Phi) is 8.06. The fraction of sp³-hybridized carbons (Fsp3) is 0.138. The van der Waals surface area contributed by atoms with Crippen LogP contribution in [0.2, 0.25) is 0 Å². The second-order valence-electron chi connectivity index (χ2n) is 8.83. The SMILES string of the molecule is CN(CC(=O)NCc1cccc(-c2ccc(C(F)(F)F)cc2)c1)c1ccccc1S(=O)(=O)c1ccc(F)cc1. The van der Waals surface area contributed by atoms with Gasteiger partial charge in [-0.05, 0) is 71.3 Å². The lowest BCUT2D eigenvalue weighted by molar-refractivity contribution is -0.137. The first-order chi connectivity index (χ1) is 18.4. The van der Waals surface area contributed by atoms with E-state index in [2.05, 4.69) is 5.32 Å². The van der Waals surface area contributed by atoms with E-state index in [-0.39, 0.29) is 28.8 Å². The number of likely N-dealkylation sites (N-methyl/N-ethyl adjacent to an activating group) is 1. The summed E-state index contributed by atoms with van der Waals surface area (Å²) in [6.07, 6.45) is -4.41. The van der Waals surface area contributed by atoms with Crippen molar-refractivity contribution in [3.05, 3.63) is 114 Å². The maximum absolute atomic E-state index is 13.3. The zero-order chi connectivity index (χ0) is 28.2. The van der Waals surface area contributed by atoms with Gasteiger partial charge in [-0.15, -0.1) is 0 Å². The van der Waals surface area contributed by atoms with Crippen LogP contribution in [0.5, 0.6) is 0 Å². The number of nitrogens with zero attached hydrogens (tertiary/aromatic N) is 1. The first kappa shape index (κ1) is 27.8. The molecule has 0 bridgehead atoms. The predicted molar refractivity (Wildman–Crippen MR) is 140 cm³/mol. The molecule has 0 heterocycles. The number of halogens is 4. The third-order valence-corrected chi connectivity index (χ3v) is 7.85. The Hall–Kier alpha value is -4.18. The van der Waals surface area contributed by atoms with Crippen LogP contribution in [0.1, 0.15) is 11.1 Å². The van der Waals surface area contributed by atoms with Crippen LogP contribution in [-0.4, -0.2) is 27.9 Å². The number of hydrogen-bond donors (Lipinski definition) is 1. The summed E-state index contributed by atoms with van der Waals surface area (Å²) in [7, 11) is -2.38. The number of anilines is 1. The highest BCUT2D eigenvalue weighted by molar-refractivity contribution is 7.91. The minimum absolute atomic E-state index is 0.0175. The van der Waals surface area contributed by atoms with Gasteiger partial charge in [-0.3, -0.25) is 4.79 Å². The van der Waals surface area contributed by atoms with Crippen molar-refractivity contribution >= 4 is 21.4 Å². The lowest BCUT2D eigenvalue weighted by Crippen LogP contribution is -2.35. The molecular formula is C29H24F4N2O3S. The Bertz CT molecular complexity index is 1570. The molecule has 0 aliphatic carbocycles. The number of amides is 1. The molecule has 1 amide bonds. The van der Waals surface area contributed by atoms with Gasteiger partial charge in [0.15, 0.2) is 0 Å². The number of benzene rings is 4. The van der Waals surface area contributed by atoms with Crippen LogP contribution in [0.15, 0.2) is 107 Å². The Morgan fingerprint density at radius 2 is 1.51 bits per heavy atom. The number of sulfone groups is 1. The van der Waals surface area contributed by atoms with Gasteiger partial charge in [0.2, 0.25) is 15.7 Å². The van der Waals surface area contributed by atoms with Crippen LogP contribution in [0.4, 0.5) is 23.2 Å². The quantitative estimate of drug-likeness (QED) is 0.211. The Balaban J connectivity index is 1.43. The van der Waals surface area contributed by atoms with E-state index in [1.54, 1.807) is 49.5 Å².